The van der Waals surface area contributed by atoms with Gasteiger partial charge in [-0.15, -0.1) is 0 Å². The van der Waals surface area contributed by atoms with Gasteiger partial charge in [-0.25, -0.2) is 9.37 Å². The molecule has 0 saturated heterocycles. The summed E-state index contributed by atoms with van der Waals surface area (Å²) in [6.45, 7) is 0.470. The second kappa shape index (κ2) is 8.57. The molecule has 0 aliphatic heterocycles. The largest absolute Gasteiger partial charge is 0.352 e. The van der Waals surface area contributed by atoms with Crippen LogP contribution in [-0.4, -0.2) is 26.1 Å². The molecule has 5 rings (SSSR count). The number of nitrogens with one attached hydrogen (secondary N) is 1. The monoisotopic (exact) mass is 432 g/mol. The van der Waals surface area contributed by atoms with E-state index in [1.54, 1.807) is 15.2 Å². The van der Waals surface area contributed by atoms with Gasteiger partial charge in [0.25, 0.3) is 5.56 Å². The molecule has 32 heavy (non-hydrogen) atoms. The lowest BCUT2D eigenvalue weighted by Gasteiger charge is -2.13. The minimum Gasteiger partial charge on any atom is -0.352 e. The van der Waals surface area contributed by atoms with E-state index in [4.69, 9.17) is 0 Å². The molecule has 164 valence electrons. The van der Waals surface area contributed by atoms with Crippen LogP contribution in [0.25, 0.3) is 21.9 Å². The first kappa shape index (κ1) is 20.4. The zero-order chi connectivity index (χ0) is 22.1. The highest BCUT2D eigenvalue weighted by molar-refractivity contribution is 6.06. The van der Waals surface area contributed by atoms with Crippen LogP contribution in [0.1, 0.15) is 31.2 Å². The summed E-state index contributed by atoms with van der Waals surface area (Å²) in [5.41, 5.74) is 2.29. The summed E-state index contributed by atoms with van der Waals surface area (Å²) in [5.74, 6) is -0.541. The number of nitrogens with zero attached hydrogens (tertiary/aromatic N) is 3. The van der Waals surface area contributed by atoms with E-state index in [1.807, 2.05) is 30.3 Å². The van der Waals surface area contributed by atoms with Crippen LogP contribution in [-0.2, 0) is 24.3 Å². The lowest BCUT2D eigenvalue weighted by atomic mass is 10.1. The van der Waals surface area contributed by atoms with E-state index in [9.17, 15) is 14.0 Å². The summed E-state index contributed by atoms with van der Waals surface area (Å²) >= 11 is 0. The van der Waals surface area contributed by atoms with Crippen LogP contribution in [0.3, 0.4) is 0 Å². The molecule has 2 aromatic heterocycles. The number of rotatable bonds is 6. The predicted octanol–water partition coefficient (Wildman–Crippen LogP) is 3.79. The average molecular weight is 432 g/mol. The number of hydrogen-bond donors (Lipinski definition) is 1. The normalized spacial score (nSPS) is 14.4. The van der Waals surface area contributed by atoms with Gasteiger partial charge < -0.3 is 9.88 Å². The summed E-state index contributed by atoms with van der Waals surface area (Å²) in [7, 11) is 0. The Morgan fingerprint density at radius 3 is 2.69 bits per heavy atom. The van der Waals surface area contributed by atoms with E-state index in [0.717, 1.165) is 31.2 Å². The summed E-state index contributed by atoms with van der Waals surface area (Å²) < 4.78 is 17.2. The van der Waals surface area contributed by atoms with Gasteiger partial charge >= 0.3 is 0 Å². The summed E-state index contributed by atoms with van der Waals surface area (Å²) in [6, 6.07) is 14.5. The number of halogens is 1. The highest BCUT2D eigenvalue weighted by atomic mass is 19.1. The third-order valence-electron chi connectivity index (χ3n) is 6.29. The Morgan fingerprint density at radius 2 is 1.91 bits per heavy atom. The van der Waals surface area contributed by atoms with Gasteiger partial charge in [-0.3, -0.25) is 14.2 Å². The molecule has 1 aliphatic carbocycles. The van der Waals surface area contributed by atoms with Crippen molar-refractivity contribution in [1.82, 2.24) is 19.4 Å². The van der Waals surface area contributed by atoms with Crippen molar-refractivity contribution in [2.24, 2.45) is 0 Å². The molecule has 4 aromatic rings. The lowest BCUT2D eigenvalue weighted by Crippen LogP contribution is -2.35. The highest BCUT2D eigenvalue weighted by Gasteiger charge is 2.21. The fourth-order valence-corrected chi connectivity index (χ4v) is 4.68. The van der Waals surface area contributed by atoms with Gasteiger partial charge in [0.15, 0.2) is 0 Å². The van der Waals surface area contributed by atoms with Crippen LogP contribution in [0, 0.1) is 5.82 Å². The van der Waals surface area contributed by atoms with Crippen molar-refractivity contribution in [1.29, 1.82) is 0 Å². The maximum Gasteiger partial charge on any atom is 0.277 e. The van der Waals surface area contributed by atoms with E-state index < -0.39 is 5.82 Å². The molecule has 1 N–H and O–H groups in total. The van der Waals surface area contributed by atoms with Gasteiger partial charge in [0.2, 0.25) is 5.91 Å². The van der Waals surface area contributed by atoms with Gasteiger partial charge in [0.1, 0.15) is 23.4 Å². The maximum absolute atomic E-state index is 14.0. The van der Waals surface area contributed by atoms with Crippen LogP contribution in [0.4, 0.5) is 4.39 Å². The van der Waals surface area contributed by atoms with Gasteiger partial charge in [-0.1, -0.05) is 43.2 Å². The van der Waals surface area contributed by atoms with Crippen LogP contribution in [0.15, 0.2) is 59.7 Å². The number of amides is 1. The first-order valence-corrected chi connectivity index (χ1v) is 11.1. The topological polar surface area (TPSA) is 68.9 Å². The molecular formula is C25H25FN4O2. The fraction of sp³-hybridized carbons (Fsp3) is 0.320. The molecule has 2 heterocycles. The van der Waals surface area contributed by atoms with Crippen molar-refractivity contribution in [3.05, 3.63) is 76.6 Å². The molecular weight excluding hydrogens is 407 g/mol. The van der Waals surface area contributed by atoms with Crippen molar-refractivity contribution < 1.29 is 9.18 Å². The van der Waals surface area contributed by atoms with Crippen molar-refractivity contribution in [3.63, 3.8) is 0 Å². The van der Waals surface area contributed by atoms with Crippen molar-refractivity contribution >= 4 is 27.8 Å². The molecule has 1 saturated carbocycles. The Kier molecular flexibility index (Phi) is 5.47. The first-order chi connectivity index (χ1) is 15.6. The van der Waals surface area contributed by atoms with E-state index in [2.05, 4.69) is 10.3 Å². The van der Waals surface area contributed by atoms with E-state index >= 15 is 0 Å². The van der Waals surface area contributed by atoms with Crippen LogP contribution in [0.2, 0.25) is 0 Å². The fourth-order valence-electron chi connectivity index (χ4n) is 4.68. The van der Waals surface area contributed by atoms with Crippen LogP contribution >= 0.6 is 0 Å². The molecule has 0 spiro atoms. The number of carbonyl (C=O) groups is 1. The van der Waals surface area contributed by atoms with Crippen LogP contribution in [0.5, 0.6) is 0 Å². The first-order valence-electron chi connectivity index (χ1n) is 11.1. The number of hydrogen-bond acceptors (Lipinski definition) is 3. The summed E-state index contributed by atoms with van der Waals surface area (Å²) in [5, 5.41) is 3.62. The predicted molar refractivity (Wildman–Crippen MR) is 122 cm³/mol. The summed E-state index contributed by atoms with van der Waals surface area (Å²) in [6.07, 6.45) is 6.41. The zero-order valence-electron chi connectivity index (χ0n) is 17.8. The molecule has 6 nitrogen and oxygen atoms in total. The van der Waals surface area contributed by atoms with Crippen molar-refractivity contribution in [2.45, 2.75) is 51.2 Å². The minimum atomic E-state index is -0.401. The smallest absolute Gasteiger partial charge is 0.277 e. The molecule has 0 atom stereocenters. The van der Waals surface area contributed by atoms with Gasteiger partial charge in [-0.2, -0.15) is 0 Å². The highest BCUT2D eigenvalue weighted by Crippen LogP contribution is 2.26. The number of fused-ring (bicyclic) bond motifs is 3. The van der Waals surface area contributed by atoms with Crippen LogP contribution < -0.4 is 10.9 Å². The standard InChI is InChI=1S/C25H25FN4O2/c26-18-10-11-21-20(14-18)23-24(30(21)15-22(31)28-19-8-4-5-9-19)25(32)29(16-27-23)13-12-17-6-2-1-3-7-17/h1-3,6-7,10-11,14,16,19H,4-5,8-9,12-13,15H2,(H,28,31). The second-order valence-electron chi connectivity index (χ2n) is 8.47. The van der Waals surface area contributed by atoms with E-state index in [-0.39, 0.29) is 24.1 Å². The Hall–Kier alpha value is -3.48. The maximum atomic E-state index is 14.0. The quantitative estimate of drug-likeness (QED) is 0.504. The molecule has 7 heteroatoms. The van der Waals surface area contributed by atoms with Gasteiger partial charge in [0, 0.05) is 18.0 Å². The Labute approximate surface area is 184 Å². The van der Waals surface area contributed by atoms with E-state index in [0.29, 0.717) is 34.9 Å². The number of benzene rings is 2. The Bertz CT molecular complexity index is 1340. The molecule has 1 amide bonds. The second-order valence-corrected chi connectivity index (χ2v) is 8.47. The molecule has 2 aromatic carbocycles. The van der Waals surface area contributed by atoms with Crippen molar-refractivity contribution in [3.8, 4) is 0 Å². The van der Waals surface area contributed by atoms with Crippen molar-refractivity contribution in [2.75, 3.05) is 0 Å². The number of aryl methyl sites for hydroxylation is 2. The lowest BCUT2D eigenvalue weighted by molar-refractivity contribution is -0.122. The summed E-state index contributed by atoms with van der Waals surface area (Å²) in [4.78, 5) is 30.7. The average Bonchev–Trinajstić information content (AvgIpc) is 3.40. The molecule has 0 radical (unpaired) electrons. The minimum absolute atomic E-state index is 0.00174. The molecule has 0 unspecified atom stereocenters. The molecule has 0 bridgehead atoms. The molecule has 1 fully saturated rings. The third kappa shape index (κ3) is 3.90. The van der Waals surface area contributed by atoms with Gasteiger partial charge in [0.05, 0.1) is 11.8 Å². The SMILES string of the molecule is O=C(Cn1c2ccc(F)cc2c2ncn(CCc3ccccc3)c(=O)c21)NC1CCCC1. The molecule has 1 aliphatic rings. The Morgan fingerprint density at radius 1 is 1.12 bits per heavy atom. The zero-order valence-corrected chi connectivity index (χ0v) is 17.8. The number of aromatic nitrogens is 3. The van der Waals surface area contributed by atoms with Gasteiger partial charge in [-0.05, 0) is 43.0 Å². The Balaban J connectivity index is 1.54. The third-order valence-corrected chi connectivity index (χ3v) is 6.29. The number of carbonyl (C=O) groups excluding carboxylic acids is 1. The van der Waals surface area contributed by atoms with E-state index in [1.165, 1.54) is 18.5 Å².